The third-order valence-electron chi connectivity index (χ3n) is 4.27. The molecule has 9 heteroatoms. The van der Waals surface area contributed by atoms with Crippen LogP contribution < -0.4 is 10.6 Å². The number of hydrogen-bond acceptors (Lipinski definition) is 4. The fraction of sp³-hybridized carbons (Fsp3) is 0.176. The van der Waals surface area contributed by atoms with Crippen LogP contribution >= 0.6 is 34.5 Å². The van der Waals surface area contributed by atoms with Crippen LogP contribution in [0.4, 0.5) is 5.69 Å². The van der Waals surface area contributed by atoms with Crippen molar-refractivity contribution in [1.82, 2.24) is 10.3 Å². The summed E-state index contributed by atoms with van der Waals surface area (Å²) in [6.45, 7) is 0. The molecule has 2 aromatic heterocycles. The van der Waals surface area contributed by atoms with Gasteiger partial charge >= 0.3 is 0 Å². The van der Waals surface area contributed by atoms with Crippen molar-refractivity contribution in [3.05, 3.63) is 50.9 Å². The Morgan fingerprint density at radius 2 is 2.08 bits per heavy atom. The fourth-order valence-electron chi connectivity index (χ4n) is 3.02. The minimum atomic E-state index is -1.01. The van der Waals surface area contributed by atoms with Crippen LogP contribution in [0, 0.1) is 0 Å². The second-order valence-corrected chi connectivity index (χ2v) is 8.01. The van der Waals surface area contributed by atoms with Crippen molar-refractivity contribution >= 4 is 62.3 Å². The first-order valence-electron chi connectivity index (χ1n) is 7.78. The van der Waals surface area contributed by atoms with Crippen LogP contribution in [-0.4, -0.2) is 27.9 Å². The van der Waals surface area contributed by atoms with Gasteiger partial charge in [-0.05, 0) is 12.1 Å². The van der Waals surface area contributed by atoms with Crippen molar-refractivity contribution in [3.8, 4) is 0 Å². The van der Waals surface area contributed by atoms with Gasteiger partial charge in [0.25, 0.3) is 5.91 Å². The Morgan fingerprint density at radius 3 is 2.85 bits per heavy atom. The molecule has 0 saturated heterocycles. The molecule has 6 nitrogen and oxygen atoms in total. The van der Waals surface area contributed by atoms with E-state index in [1.807, 2.05) is 0 Å². The van der Waals surface area contributed by atoms with Gasteiger partial charge in [0.2, 0.25) is 5.91 Å². The lowest BCUT2D eigenvalue weighted by Crippen LogP contribution is -2.40. The smallest absolute Gasteiger partial charge is 0.268 e. The molecule has 0 fully saturated rings. The number of fused-ring (bicyclic) bond motifs is 2. The molecule has 3 aromatic rings. The van der Waals surface area contributed by atoms with Crippen molar-refractivity contribution in [2.24, 2.45) is 0 Å². The molecule has 2 unspecified atom stereocenters. The number of amides is 2. The molecule has 4 N–H and O–H groups in total. The third-order valence-corrected chi connectivity index (χ3v) is 6.21. The van der Waals surface area contributed by atoms with E-state index < -0.39 is 18.1 Å². The van der Waals surface area contributed by atoms with Crippen molar-refractivity contribution in [2.75, 3.05) is 5.32 Å². The number of nitrogens with one attached hydrogen (secondary N) is 3. The molecule has 0 saturated carbocycles. The van der Waals surface area contributed by atoms with Gasteiger partial charge in [-0.15, -0.1) is 11.3 Å². The highest BCUT2D eigenvalue weighted by Gasteiger charge is 2.31. The average molecular weight is 410 g/mol. The van der Waals surface area contributed by atoms with E-state index >= 15 is 0 Å². The van der Waals surface area contributed by atoms with E-state index in [0.717, 1.165) is 4.70 Å². The molecule has 134 valence electrons. The van der Waals surface area contributed by atoms with Crippen LogP contribution in [0.2, 0.25) is 9.36 Å². The summed E-state index contributed by atoms with van der Waals surface area (Å²) in [6.07, 6.45) is -1.05. The first-order valence-corrected chi connectivity index (χ1v) is 9.35. The molecule has 2 amide bonds. The molecule has 0 radical (unpaired) electrons. The Kier molecular flexibility index (Phi) is 4.40. The van der Waals surface area contributed by atoms with Crippen LogP contribution in [0.25, 0.3) is 10.2 Å². The largest absolute Gasteiger partial charge is 0.386 e. The topological polar surface area (TPSA) is 94.2 Å². The lowest BCUT2D eigenvalue weighted by atomic mass is 10.00. The number of aliphatic hydroxyl groups excluding tert-OH is 1. The highest BCUT2D eigenvalue weighted by molar-refractivity contribution is 7.23. The highest BCUT2D eigenvalue weighted by atomic mass is 35.5. The van der Waals surface area contributed by atoms with Crippen molar-refractivity contribution < 1.29 is 14.7 Å². The lowest BCUT2D eigenvalue weighted by molar-refractivity contribution is -0.117. The normalized spacial score (nSPS) is 19.7. The summed E-state index contributed by atoms with van der Waals surface area (Å²) in [5.41, 5.74) is 1.99. The van der Waals surface area contributed by atoms with Crippen LogP contribution in [0.3, 0.4) is 0 Å². The molecular weight excluding hydrogens is 397 g/mol. The monoisotopic (exact) mass is 409 g/mol. The number of aromatic nitrogens is 1. The number of aliphatic hydroxyl groups is 1. The minimum Gasteiger partial charge on any atom is -0.386 e. The zero-order valence-electron chi connectivity index (χ0n) is 13.2. The van der Waals surface area contributed by atoms with Gasteiger partial charge in [-0.2, -0.15) is 0 Å². The maximum atomic E-state index is 12.6. The number of para-hydroxylation sites is 1. The van der Waals surface area contributed by atoms with E-state index in [1.165, 1.54) is 11.3 Å². The van der Waals surface area contributed by atoms with Gasteiger partial charge in [0, 0.05) is 11.3 Å². The standard InChI is InChI=1S/C17H13Cl2N3O3S/c18-13-14-11(26-16(13)19)5-10(21-14)17(25)22-9-6-12(23)20-8-4-2-1-3-7(8)15(9)24/h1-5,9,15,21,24H,6H2,(H,20,23)(H,22,25). The zero-order chi connectivity index (χ0) is 18.4. The predicted octanol–water partition coefficient (Wildman–Crippen LogP) is 3.71. The minimum absolute atomic E-state index is 0.0384. The van der Waals surface area contributed by atoms with Gasteiger partial charge < -0.3 is 20.7 Å². The molecule has 0 spiro atoms. The summed E-state index contributed by atoms with van der Waals surface area (Å²) in [6, 6.07) is 7.85. The quantitative estimate of drug-likeness (QED) is 0.519. The summed E-state index contributed by atoms with van der Waals surface area (Å²) in [5.74, 6) is -0.710. The third kappa shape index (κ3) is 2.97. The molecule has 1 aliphatic rings. The Bertz CT molecular complexity index is 1030. The SMILES string of the molecule is O=C1CC(NC(=O)c2cc3sc(Cl)c(Cl)c3[nH]2)C(O)c2ccccc2N1. The van der Waals surface area contributed by atoms with Crippen LogP contribution in [0.1, 0.15) is 28.6 Å². The fourth-order valence-corrected chi connectivity index (χ4v) is 4.50. The van der Waals surface area contributed by atoms with E-state index in [0.29, 0.717) is 26.1 Å². The molecule has 2 atom stereocenters. The molecular formula is C17H13Cl2N3O3S. The van der Waals surface area contributed by atoms with E-state index in [9.17, 15) is 14.7 Å². The van der Waals surface area contributed by atoms with Gasteiger partial charge in [-0.25, -0.2) is 0 Å². The number of halogens is 2. The molecule has 1 aromatic carbocycles. The summed E-state index contributed by atoms with van der Waals surface area (Å²) in [5, 5.41) is 16.5. The number of thiophene rings is 1. The van der Waals surface area contributed by atoms with Crippen molar-refractivity contribution in [1.29, 1.82) is 0 Å². The number of carbonyl (C=O) groups is 2. The number of anilines is 1. The number of aromatic amines is 1. The second kappa shape index (κ2) is 6.59. The van der Waals surface area contributed by atoms with E-state index in [4.69, 9.17) is 23.2 Å². The molecule has 4 rings (SSSR count). The lowest BCUT2D eigenvalue weighted by Gasteiger charge is -2.21. The van der Waals surface area contributed by atoms with Crippen LogP contribution in [0.15, 0.2) is 30.3 Å². The average Bonchev–Trinajstić information content (AvgIpc) is 3.10. The van der Waals surface area contributed by atoms with Crippen molar-refractivity contribution in [2.45, 2.75) is 18.6 Å². The van der Waals surface area contributed by atoms with Gasteiger partial charge in [-0.1, -0.05) is 41.4 Å². The van der Waals surface area contributed by atoms with Gasteiger partial charge in [-0.3, -0.25) is 9.59 Å². The van der Waals surface area contributed by atoms with Crippen molar-refractivity contribution in [3.63, 3.8) is 0 Å². The molecule has 1 aliphatic heterocycles. The molecule has 0 bridgehead atoms. The van der Waals surface area contributed by atoms with E-state index in [2.05, 4.69) is 15.6 Å². The Balaban J connectivity index is 1.60. The predicted molar refractivity (Wildman–Crippen MR) is 102 cm³/mol. The summed E-state index contributed by atoms with van der Waals surface area (Å²) < 4.78 is 1.21. The van der Waals surface area contributed by atoms with E-state index in [1.54, 1.807) is 30.3 Å². The molecule has 0 aliphatic carbocycles. The Hall–Kier alpha value is -2.06. The maximum absolute atomic E-state index is 12.6. The van der Waals surface area contributed by atoms with Crippen LogP contribution in [0.5, 0.6) is 0 Å². The first-order chi connectivity index (χ1) is 12.4. The number of rotatable bonds is 2. The molecule has 26 heavy (non-hydrogen) atoms. The maximum Gasteiger partial charge on any atom is 0.268 e. The van der Waals surface area contributed by atoms with Gasteiger partial charge in [0.15, 0.2) is 0 Å². The molecule has 3 heterocycles. The second-order valence-electron chi connectivity index (χ2n) is 5.98. The first kappa shape index (κ1) is 17.4. The number of benzene rings is 1. The number of hydrogen-bond donors (Lipinski definition) is 4. The van der Waals surface area contributed by atoms with Crippen LogP contribution in [-0.2, 0) is 4.79 Å². The number of H-pyrrole nitrogens is 1. The highest BCUT2D eigenvalue weighted by Crippen LogP contribution is 2.39. The van der Waals surface area contributed by atoms with E-state index in [-0.39, 0.29) is 18.0 Å². The van der Waals surface area contributed by atoms with Gasteiger partial charge in [0.05, 0.1) is 27.7 Å². The summed E-state index contributed by atoms with van der Waals surface area (Å²) in [7, 11) is 0. The summed E-state index contributed by atoms with van der Waals surface area (Å²) >= 11 is 13.3. The van der Waals surface area contributed by atoms with Gasteiger partial charge in [0.1, 0.15) is 16.1 Å². The summed E-state index contributed by atoms with van der Waals surface area (Å²) in [4.78, 5) is 27.6. The Morgan fingerprint density at radius 1 is 1.31 bits per heavy atom. The zero-order valence-corrected chi connectivity index (χ0v) is 15.5. The Labute approximate surface area is 162 Å². The number of carbonyl (C=O) groups excluding carboxylic acids is 2.